The molecule has 0 aliphatic rings. The fourth-order valence-electron chi connectivity index (χ4n) is 4.60. The molecule has 206 valence electrons. The first kappa shape index (κ1) is 27.1. The standard InChI is InChI=1S/C32H22N4O4S2/c37-41(38,27-11-2-1-3-12-27)35-20-25-14-15-29(31-22-33-18-16-30(25)31)24-8-5-13-28(19-24)42(39,40)36-21-26-9-4-7-23-10-6-17-34-32(23)26/h1-22H. The molecule has 0 amide bonds. The Kier molecular flexibility index (Phi) is 7.15. The molecule has 0 radical (unpaired) electrons. The van der Waals surface area contributed by atoms with Gasteiger partial charge in [-0.1, -0.05) is 66.7 Å². The van der Waals surface area contributed by atoms with Crippen molar-refractivity contribution >= 4 is 54.2 Å². The van der Waals surface area contributed by atoms with Gasteiger partial charge in [0.15, 0.2) is 0 Å². The van der Waals surface area contributed by atoms with Crippen LogP contribution in [0.25, 0.3) is 32.8 Å². The first-order chi connectivity index (χ1) is 20.3. The van der Waals surface area contributed by atoms with E-state index in [1.165, 1.54) is 30.6 Å². The zero-order valence-electron chi connectivity index (χ0n) is 21.9. The van der Waals surface area contributed by atoms with E-state index >= 15 is 0 Å². The maximum absolute atomic E-state index is 13.2. The average Bonchev–Trinajstić information content (AvgIpc) is 3.03. The van der Waals surface area contributed by atoms with Crippen molar-refractivity contribution < 1.29 is 16.8 Å². The summed E-state index contributed by atoms with van der Waals surface area (Å²) in [6, 6.07) is 29.0. The summed E-state index contributed by atoms with van der Waals surface area (Å²) in [7, 11) is -7.91. The van der Waals surface area contributed by atoms with Crippen LogP contribution in [0.5, 0.6) is 0 Å². The normalized spacial score (nSPS) is 12.5. The highest BCUT2D eigenvalue weighted by Crippen LogP contribution is 2.32. The largest absolute Gasteiger partial charge is 0.282 e. The minimum Gasteiger partial charge on any atom is -0.264 e. The first-order valence-electron chi connectivity index (χ1n) is 12.8. The molecule has 0 N–H and O–H groups in total. The molecule has 0 atom stereocenters. The molecule has 0 fully saturated rings. The van der Waals surface area contributed by atoms with Gasteiger partial charge in [-0.3, -0.25) is 9.97 Å². The van der Waals surface area contributed by atoms with Gasteiger partial charge in [0.25, 0.3) is 20.0 Å². The Morgan fingerprint density at radius 3 is 2.14 bits per heavy atom. The zero-order valence-corrected chi connectivity index (χ0v) is 23.6. The lowest BCUT2D eigenvalue weighted by molar-refractivity contribution is 0.596. The van der Waals surface area contributed by atoms with E-state index in [2.05, 4.69) is 18.8 Å². The fourth-order valence-corrected chi connectivity index (χ4v) is 6.38. The van der Waals surface area contributed by atoms with Crippen molar-refractivity contribution in [1.29, 1.82) is 0 Å². The number of sulfonamides is 2. The molecule has 0 spiro atoms. The third kappa shape index (κ3) is 5.45. The molecule has 0 saturated carbocycles. The lowest BCUT2D eigenvalue weighted by atomic mass is 9.97. The summed E-state index contributed by atoms with van der Waals surface area (Å²) < 4.78 is 59.7. The van der Waals surface area contributed by atoms with Crippen LogP contribution in [0.2, 0.25) is 0 Å². The average molecular weight is 591 g/mol. The number of benzene rings is 4. The van der Waals surface area contributed by atoms with Gasteiger partial charge in [0, 0.05) is 52.9 Å². The summed E-state index contributed by atoms with van der Waals surface area (Å²) in [5.74, 6) is 0. The van der Waals surface area contributed by atoms with Crippen molar-refractivity contribution in [3.05, 3.63) is 133 Å². The van der Waals surface area contributed by atoms with Crippen molar-refractivity contribution in [2.45, 2.75) is 9.79 Å². The number of rotatable bonds is 7. The molecular formula is C32H22N4O4S2. The van der Waals surface area contributed by atoms with Crippen molar-refractivity contribution in [3.8, 4) is 11.1 Å². The molecule has 0 unspecified atom stereocenters. The van der Waals surface area contributed by atoms with Crippen LogP contribution in [0.4, 0.5) is 0 Å². The van der Waals surface area contributed by atoms with Gasteiger partial charge >= 0.3 is 0 Å². The van der Waals surface area contributed by atoms with Crippen LogP contribution in [-0.2, 0) is 20.0 Å². The molecule has 0 aliphatic heterocycles. The number of fused-ring (bicyclic) bond motifs is 2. The van der Waals surface area contributed by atoms with Crippen LogP contribution in [0.3, 0.4) is 0 Å². The third-order valence-corrected chi connectivity index (χ3v) is 9.14. The molecule has 8 nitrogen and oxygen atoms in total. The summed E-state index contributed by atoms with van der Waals surface area (Å²) in [4.78, 5) is 8.72. The number of hydrogen-bond donors (Lipinski definition) is 0. The Bertz CT molecular complexity index is 2230. The van der Waals surface area contributed by atoms with E-state index in [0.717, 1.165) is 10.9 Å². The monoisotopic (exact) mass is 590 g/mol. The Morgan fingerprint density at radius 1 is 0.595 bits per heavy atom. The van der Waals surface area contributed by atoms with Gasteiger partial charge < -0.3 is 0 Å². The van der Waals surface area contributed by atoms with Gasteiger partial charge in [-0.05, 0) is 52.9 Å². The van der Waals surface area contributed by atoms with Crippen LogP contribution < -0.4 is 0 Å². The summed E-state index contributed by atoms with van der Waals surface area (Å²) in [5.41, 5.74) is 3.19. The fraction of sp³-hybridized carbons (Fsp3) is 0. The highest BCUT2D eigenvalue weighted by Gasteiger charge is 2.16. The van der Waals surface area contributed by atoms with Crippen LogP contribution in [0, 0.1) is 0 Å². The molecule has 0 saturated heterocycles. The molecule has 10 heteroatoms. The third-order valence-electron chi connectivity index (χ3n) is 6.66. The molecule has 42 heavy (non-hydrogen) atoms. The molecule has 0 aliphatic carbocycles. The van der Waals surface area contributed by atoms with Gasteiger partial charge in [0.1, 0.15) is 0 Å². The Hall–Kier alpha value is -5.06. The van der Waals surface area contributed by atoms with Crippen molar-refractivity contribution in [3.63, 3.8) is 0 Å². The molecule has 2 heterocycles. The second-order valence-electron chi connectivity index (χ2n) is 9.31. The van der Waals surface area contributed by atoms with Crippen molar-refractivity contribution in [1.82, 2.24) is 9.97 Å². The molecule has 0 bridgehead atoms. The lowest BCUT2D eigenvalue weighted by Gasteiger charge is -2.10. The smallest absolute Gasteiger partial charge is 0.264 e. The number of para-hydroxylation sites is 1. The first-order valence-corrected chi connectivity index (χ1v) is 15.7. The molecule has 6 rings (SSSR count). The minimum atomic E-state index is -4.03. The topological polar surface area (TPSA) is 119 Å². The predicted octanol–water partition coefficient (Wildman–Crippen LogP) is 6.07. The van der Waals surface area contributed by atoms with E-state index in [1.54, 1.807) is 79.3 Å². The molecule has 2 aromatic heterocycles. The minimum absolute atomic E-state index is 0.0288. The highest BCUT2D eigenvalue weighted by molar-refractivity contribution is 7.90. The van der Waals surface area contributed by atoms with E-state index in [9.17, 15) is 16.8 Å². The van der Waals surface area contributed by atoms with E-state index in [0.29, 0.717) is 33.0 Å². The maximum atomic E-state index is 13.2. The molecule has 6 aromatic rings. The van der Waals surface area contributed by atoms with Gasteiger partial charge in [-0.15, -0.1) is 0 Å². The van der Waals surface area contributed by atoms with Crippen LogP contribution in [0.15, 0.2) is 140 Å². The molecular weight excluding hydrogens is 569 g/mol. The number of nitrogens with zero attached hydrogens (tertiary/aromatic N) is 4. The molecule has 4 aromatic carbocycles. The predicted molar refractivity (Wildman–Crippen MR) is 165 cm³/mol. The highest BCUT2D eigenvalue weighted by atomic mass is 32.2. The number of pyridine rings is 2. The Morgan fingerprint density at radius 2 is 1.31 bits per heavy atom. The summed E-state index contributed by atoms with van der Waals surface area (Å²) in [6.45, 7) is 0. The van der Waals surface area contributed by atoms with E-state index in [1.807, 2.05) is 24.3 Å². The van der Waals surface area contributed by atoms with Crippen molar-refractivity contribution in [2.24, 2.45) is 8.80 Å². The maximum Gasteiger partial charge on any atom is 0.282 e. The number of aromatic nitrogens is 2. The van der Waals surface area contributed by atoms with Gasteiger partial charge in [0.05, 0.1) is 15.3 Å². The lowest BCUT2D eigenvalue weighted by Crippen LogP contribution is -1.99. The Balaban J connectivity index is 1.35. The van der Waals surface area contributed by atoms with Crippen LogP contribution >= 0.6 is 0 Å². The quantitative estimate of drug-likeness (QED) is 0.208. The van der Waals surface area contributed by atoms with E-state index in [-0.39, 0.29) is 9.79 Å². The SMILES string of the molecule is O=S(=O)(N=Cc1ccc(-c2cccc(S(=O)(=O)N=Cc3cccc4cccnc34)c2)c2cnccc12)c1ccccc1. The van der Waals surface area contributed by atoms with E-state index < -0.39 is 20.0 Å². The second-order valence-corrected chi connectivity index (χ2v) is 12.6. The summed E-state index contributed by atoms with van der Waals surface area (Å²) >= 11 is 0. The van der Waals surface area contributed by atoms with Gasteiger partial charge in [-0.2, -0.15) is 25.6 Å². The van der Waals surface area contributed by atoms with Crippen LogP contribution in [-0.4, -0.2) is 39.2 Å². The van der Waals surface area contributed by atoms with E-state index in [4.69, 9.17) is 0 Å². The summed E-state index contributed by atoms with van der Waals surface area (Å²) in [6.07, 6.45) is 7.53. The zero-order chi connectivity index (χ0) is 29.2. The van der Waals surface area contributed by atoms with Crippen molar-refractivity contribution in [2.75, 3.05) is 0 Å². The van der Waals surface area contributed by atoms with Gasteiger partial charge in [0.2, 0.25) is 0 Å². The van der Waals surface area contributed by atoms with Gasteiger partial charge in [-0.25, -0.2) is 0 Å². The number of hydrogen-bond acceptors (Lipinski definition) is 6. The Labute approximate surface area is 242 Å². The van der Waals surface area contributed by atoms with Crippen LogP contribution in [0.1, 0.15) is 11.1 Å². The summed E-state index contributed by atoms with van der Waals surface area (Å²) in [5, 5.41) is 2.30. The second kappa shape index (κ2) is 11.1.